The van der Waals surface area contributed by atoms with E-state index in [1.807, 2.05) is 0 Å². The van der Waals surface area contributed by atoms with Gasteiger partial charge in [-0.1, -0.05) is 356 Å². The zero-order chi connectivity index (χ0) is 83.6. The van der Waals surface area contributed by atoms with Crippen LogP contribution < -0.4 is 0 Å². The topological polar surface area (TPSA) is 231 Å². The summed E-state index contributed by atoms with van der Waals surface area (Å²) in [6, 6.07) is 0. The Hall–Kier alpha value is -5.61. The van der Waals surface area contributed by atoms with E-state index in [-0.39, 0.29) is 19.3 Å². The minimum Gasteiger partial charge on any atom is -0.463 e. The summed E-state index contributed by atoms with van der Waals surface area (Å²) in [7, 11) is -9.82. The molecule has 0 radical (unpaired) electrons. The van der Waals surface area contributed by atoms with Crippen LogP contribution in [0.15, 0.2) is 194 Å². The number of aliphatic hydroxyl groups is 2. The Labute approximate surface area is 699 Å². The molecule has 16 nitrogen and oxygen atoms in total. The number of phosphoric acid groups is 2. The average Bonchev–Trinajstić information content (AvgIpc) is 0.902. The molecule has 0 aliphatic carbocycles. The van der Waals surface area contributed by atoms with Crippen LogP contribution in [0.4, 0.5) is 0 Å². The van der Waals surface area contributed by atoms with Gasteiger partial charge < -0.3 is 34.2 Å². The van der Waals surface area contributed by atoms with Crippen molar-refractivity contribution in [3.8, 4) is 0 Å². The van der Waals surface area contributed by atoms with Crippen LogP contribution in [0, 0.1) is 0 Å². The quantitative estimate of drug-likeness (QED) is 0.0146. The number of allylic oxidation sites excluding steroid dienone is 32. The molecule has 0 rings (SSSR count). The maximum atomic E-state index is 13.0. The molecule has 0 spiro atoms. The fraction of sp³-hybridized carbons (Fsp3) is 0.639. The van der Waals surface area contributed by atoms with E-state index in [9.17, 15) is 43.5 Å². The van der Waals surface area contributed by atoms with Gasteiger partial charge in [0, 0.05) is 19.3 Å². The Bertz CT molecular complexity index is 2870. The molecule has 0 saturated heterocycles. The summed E-state index contributed by atoms with van der Waals surface area (Å²) >= 11 is 0. The number of carbonyl (C=O) groups is 3. The lowest BCUT2D eigenvalue weighted by molar-refractivity contribution is -0.161. The van der Waals surface area contributed by atoms with Crippen molar-refractivity contribution in [2.75, 3.05) is 39.6 Å². The van der Waals surface area contributed by atoms with Gasteiger partial charge in [0.1, 0.15) is 25.4 Å². The number of esters is 3. The van der Waals surface area contributed by atoms with Crippen LogP contribution >= 0.6 is 15.6 Å². The molecule has 0 aliphatic heterocycles. The lowest BCUT2D eigenvalue weighted by Gasteiger charge is -2.21. The standard InChI is InChI=1S/C97H160O16P2/c1-4-7-10-13-16-19-22-25-28-31-34-37-39-41-42-43-44-45-46-47-48-50-52-54-56-59-62-65-68-71-74-77-80-83-95(100)107-86-92(98)87-109-114(103,104)110-88-93(99)89-111-115(105,106)112-91-94(113-97(102)85-82-79-76-73-70-67-64-61-58-53-36-33-30-27-24-21-18-15-12-9-6-3)90-108-96(101)84-81-78-75-72-69-66-63-60-57-55-51-49-40-38-35-32-29-26-23-20-17-14-11-8-5-2/h7-12,16-21,25-30,34-38,41-42,44-45,49,51,53,61,64,92-94,98-99H,4-6,13-15,22-24,31-33,39-40,43,46-48,50,52,54-60,62-63,65-91H2,1-3H3,(H,103,104)(H,105,106)/b10-7-,11-8-,12-9-,19-16-,20-17-,21-18-,28-25-,29-26-,30-27-,37-34-,38-35-,42-41-,45-44-,51-49-,53-36-,64-61-. The van der Waals surface area contributed by atoms with Gasteiger partial charge in [0.25, 0.3) is 0 Å². The third kappa shape index (κ3) is 89.0. The zero-order valence-electron chi connectivity index (χ0n) is 71.9. The van der Waals surface area contributed by atoms with Gasteiger partial charge in [-0.05, 0) is 161 Å². The van der Waals surface area contributed by atoms with E-state index in [0.29, 0.717) is 19.3 Å². The fourth-order valence-electron chi connectivity index (χ4n) is 11.6. The lowest BCUT2D eigenvalue weighted by atomic mass is 10.0. The zero-order valence-corrected chi connectivity index (χ0v) is 73.7. The number of rotatable bonds is 83. The molecule has 0 bridgehead atoms. The van der Waals surface area contributed by atoms with E-state index in [4.69, 9.17) is 32.3 Å². The van der Waals surface area contributed by atoms with Gasteiger partial charge >= 0.3 is 33.6 Å². The molecular weight excluding hydrogens is 1480 g/mol. The van der Waals surface area contributed by atoms with E-state index in [1.165, 1.54) is 89.9 Å². The Morgan fingerprint density at radius 3 is 0.687 bits per heavy atom. The van der Waals surface area contributed by atoms with Crippen molar-refractivity contribution in [1.82, 2.24) is 0 Å². The second-order valence-electron chi connectivity index (χ2n) is 29.3. The van der Waals surface area contributed by atoms with Gasteiger partial charge in [-0.15, -0.1) is 0 Å². The number of unbranched alkanes of at least 4 members (excludes halogenated alkanes) is 28. The third-order valence-electron chi connectivity index (χ3n) is 18.3. The molecule has 0 aromatic rings. The molecule has 0 fully saturated rings. The highest BCUT2D eigenvalue weighted by molar-refractivity contribution is 7.47. The molecule has 115 heavy (non-hydrogen) atoms. The fourth-order valence-corrected chi connectivity index (χ4v) is 13.2. The van der Waals surface area contributed by atoms with Crippen LogP contribution in [0.5, 0.6) is 0 Å². The number of hydrogen-bond donors (Lipinski definition) is 4. The Balaban J connectivity index is 4.60. The van der Waals surface area contributed by atoms with Crippen molar-refractivity contribution in [1.29, 1.82) is 0 Å². The van der Waals surface area contributed by atoms with E-state index in [0.717, 1.165) is 193 Å². The van der Waals surface area contributed by atoms with E-state index in [2.05, 4.69) is 215 Å². The minimum atomic E-state index is -4.95. The van der Waals surface area contributed by atoms with Crippen molar-refractivity contribution < 1.29 is 75.8 Å². The van der Waals surface area contributed by atoms with Crippen LogP contribution in [-0.4, -0.2) is 95.9 Å². The summed E-state index contributed by atoms with van der Waals surface area (Å²) in [5.41, 5.74) is 0. The van der Waals surface area contributed by atoms with Crippen LogP contribution in [-0.2, 0) is 55.8 Å². The highest BCUT2D eigenvalue weighted by atomic mass is 31.2. The van der Waals surface area contributed by atoms with Crippen molar-refractivity contribution in [2.24, 2.45) is 0 Å². The van der Waals surface area contributed by atoms with Gasteiger partial charge in [-0.25, -0.2) is 9.13 Å². The van der Waals surface area contributed by atoms with Crippen molar-refractivity contribution in [3.05, 3.63) is 194 Å². The summed E-state index contributed by atoms with van der Waals surface area (Å²) in [5, 5.41) is 20.7. The summed E-state index contributed by atoms with van der Waals surface area (Å²) < 4.78 is 61.4. The predicted molar refractivity (Wildman–Crippen MR) is 481 cm³/mol. The van der Waals surface area contributed by atoms with Crippen LogP contribution in [0.2, 0.25) is 0 Å². The van der Waals surface area contributed by atoms with Gasteiger partial charge in [0.15, 0.2) is 6.10 Å². The maximum Gasteiger partial charge on any atom is 0.472 e. The maximum absolute atomic E-state index is 13.0. The number of aliphatic hydroxyl groups excluding tert-OH is 2. The van der Waals surface area contributed by atoms with E-state index < -0.39 is 91.5 Å². The number of phosphoric ester groups is 2. The summed E-state index contributed by atoms with van der Waals surface area (Å²) in [5.74, 6) is -1.61. The predicted octanol–water partition coefficient (Wildman–Crippen LogP) is 27.4. The molecule has 0 aliphatic rings. The summed E-state index contributed by atoms with van der Waals surface area (Å²) in [6.07, 6.45) is 116. The molecular formula is C97H160O16P2. The molecule has 0 amide bonds. The smallest absolute Gasteiger partial charge is 0.463 e. The van der Waals surface area contributed by atoms with E-state index in [1.54, 1.807) is 0 Å². The first-order valence-corrected chi connectivity index (χ1v) is 47.7. The monoisotopic (exact) mass is 1640 g/mol. The van der Waals surface area contributed by atoms with Crippen LogP contribution in [0.3, 0.4) is 0 Å². The van der Waals surface area contributed by atoms with Gasteiger partial charge in [-0.2, -0.15) is 0 Å². The normalized spacial score (nSPS) is 14.7. The molecule has 0 heterocycles. The molecule has 5 unspecified atom stereocenters. The second-order valence-corrected chi connectivity index (χ2v) is 32.2. The number of ether oxygens (including phenoxy) is 3. The van der Waals surface area contributed by atoms with Gasteiger partial charge in [0.05, 0.1) is 26.4 Å². The highest BCUT2D eigenvalue weighted by Crippen LogP contribution is 2.45. The summed E-state index contributed by atoms with van der Waals surface area (Å²) in [6.45, 7) is 2.33. The molecule has 0 aromatic carbocycles. The average molecular weight is 1640 g/mol. The Morgan fingerprint density at radius 1 is 0.243 bits per heavy atom. The van der Waals surface area contributed by atoms with Crippen LogP contribution in [0.25, 0.3) is 0 Å². The van der Waals surface area contributed by atoms with Gasteiger partial charge in [-0.3, -0.25) is 32.5 Å². The van der Waals surface area contributed by atoms with E-state index >= 15 is 0 Å². The number of hydrogen-bond acceptors (Lipinski definition) is 14. The second kappa shape index (κ2) is 87.7. The first kappa shape index (κ1) is 109. The molecule has 0 saturated carbocycles. The highest BCUT2D eigenvalue weighted by Gasteiger charge is 2.29. The Morgan fingerprint density at radius 2 is 0.435 bits per heavy atom. The third-order valence-corrected chi connectivity index (χ3v) is 20.2. The SMILES string of the molecule is CC/C=C\C/C=C\C/C=C\C/C=C\C/C=C\C/C=C\CCCCCCCCCCCCCCCCC(=O)OCC(O)COP(=O)(O)OCC(O)COP(=O)(O)OCC(COC(=O)CCCCCCCCCCC/C=C\C/C=C\C/C=C\C/C=C\C/C=C\CC)OC(=O)CCCCCCC/C=C\C/C=C\C/C=C\C/C=C\C/C=C\CC. The number of carbonyl (C=O) groups excluding carboxylic acids is 3. The lowest BCUT2D eigenvalue weighted by Crippen LogP contribution is -2.30. The molecule has 4 N–H and O–H groups in total. The van der Waals surface area contributed by atoms with Gasteiger partial charge in [0.2, 0.25) is 0 Å². The van der Waals surface area contributed by atoms with Crippen molar-refractivity contribution in [3.63, 3.8) is 0 Å². The molecule has 18 heteroatoms. The molecule has 5 atom stereocenters. The first-order valence-electron chi connectivity index (χ1n) is 44.7. The summed E-state index contributed by atoms with van der Waals surface area (Å²) in [4.78, 5) is 59.0. The van der Waals surface area contributed by atoms with Crippen LogP contribution in [0.1, 0.15) is 342 Å². The largest absolute Gasteiger partial charge is 0.472 e. The minimum absolute atomic E-state index is 0.0746. The molecule has 0 aromatic heterocycles. The Kier molecular flexibility index (Phi) is 83.4. The first-order chi connectivity index (χ1) is 56.2. The van der Waals surface area contributed by atoms with Crippen molar-refractivity contribution in [2.45, 2.75) is 360 Å². The van der Waals surface area contributed by atoms with Crippen molar-refractivity contribution >= 4 is 33.6 Å². The molecule has 654 valence electrons.